The lowest BCUT2D eigenvalue weighted by molar-refractivity contribution is 0.0585. The number of carbonyl (C=O) groups is 2. The van der Waals surface area contributed by atoms with Crippen molar-refractivity contribution in [3.8, 4) is 17.0 Å². The third kappa shape index (κ3) is 2.86. The Morgan fingerprint density at radius 3 is 2.48 bits per heavy atom. The number of nitrogens with zero attached hydrogens (tertiary/aromatic N) is 2. The van der Waals surface area contributed by atoms with Crippen molar-refractivity contribution in [2.45, 2.75) is 0 Å². The van der Waals surface area contributed by atoms with Gasteiger partial charge in [0, 0.05) is 5.56 Å². The molecule has 0 saturated carbocycles. The molecule has 0 N–H and O–H groups in total. The average Bonchev–Trinajstić information content (AvgIpc) is 2.98. The minimum absolute atomic E-state index is 0.0119. The SMILES string of the molecule is COC(=O)c1cc(-c2cccc(OC)c2)nn1C(=O)OC. The lowest BCUT2D eigenvalue weighted by atomic mass is 10.1. The Labute approximate surface area is 121 Å². The first-order valence-corrected chi connectivity index (χ1v) is 6.01. The van der Waals surface area contributed by atoms with Gasteiger partial charge in [0.25, 0.3) is 0 Å². The zero-order valence-electron chi connectivity index (χ0n) is 11.8. The topological polar surface area (TPSA) is 79.7 Å². The van der Waals surface area contributed by atoms with E-state index in [0.29, 0.717) is 17.0 Å². The molecule has 0 saturated heterocycles. The molecule has 2 rings (SSSR count). The predicted octanol–water partition coefficient (Wildman–Crippen LogP) is 1.96. The molecule has 0 aliphatic heterocycles. The first kappa shape index (κ1) is 14.6. The van der Waals surface area contributed by atoms with Crippen LogP contribution < -0.4 is 4.74 Å². The van der Waals surface area contributed by atoms with Gasteiger partial charge in [-0.25, -0.2) is 9.59 Å². The van der Waals surface area contributed by atoms with Crippen molar-refractivity contribution in [2.24, 2.45) is 0 Å². The van der Waals surface area contributed by atoms with E-state index in [1.807, 2.05) is 0 Å². The number of carbonyl (C=O) groups excluding carboxylic acids is 2. The highest BCUT2D eigenvalue weighted by Gasteiger charge is 2.21. The highest BCUT2D eigenvalue weighted by atomic mass is 16.5. The molecule has 21 heavy (non-hydrogen) atoms. The van der Waals surface area contributed by atoms with Crippen molar-refractivity contribution in [2.75, 3.05) is 21.3 Å². The van der Waals surface area contributed by atoms with Gasteiger partial charge in [-0.3, -0.25) is 0 Å². The second kappa shape index (κ2) is 6.08. The van der Waals surface area contributed by atoms with Gasteiger partial charge in [-0.2, -0.15) is 9.78 Å². The number of hydrogen-bond donors (Lipinski definition) is 0. The molecule has 1 aromatic heterocycles. The van der Waals surface area contributed by atoms with Gasteiger partial charge in [-0.1, -0.05) is 12.1 Å². The molecule has 2 aromatic rings. The third-order valence-electron chi connectivity index (χ3n) is 2.82. The van der Waals surface area contributed by atoms with Crippen LogP contribution in [0.1, 0.15) is 10.5 Å². The van der Waals surface area contributed by atoms with E-state index < -0.39 is 12.1 Å². The van der Waals surface area contributed by atoms with Crippen molar-refractivity contribution in [3.05, 3.63) is 36.0 Å². The average molecular weight is 290 g/mol. The number of rotatable bonds is 3. The zero-order valence-corrected chi connectivity index (χ0v) is 11.8. The van der Waals surface area contributed by atoms with Crippen LogP contribution in [0.4, 0.5) is 4.79 Å². The van der Waals surface area contributed by atoms with E-state index in [4.69, 9.17) is 4.74 Å². The maximum absolute atomic E-state index is 11.7. The minimum Gasteiger partial charge on any atom is -0.497 e. The van der Waals surface area contributed by atoms with Crippen LogP contribution in [-0.4, -0.2) is 43.2 Å². The molecule has 0 amide bonds. The Balaban J connectivity index is 2.52. The molecule has 1 heterocycles. The third-order valence-corrected chi connectivity index (χ3v) is 2.82. The summed E-state index contributed by atoms with van der Waals surface area (Å²) in [6, 6.07) is 8.54. The summed E-state index contributed by atoms with van der Waals surface area (Å²) < 4.78 is 15.2. The summed E-state index contributed by atoms with van der Waals surface area (Å²) in [4.78, 5) is 23.4. The Morgan fingerprint density at radius 2 is 1.86 bits per heavy atom. The summed E-state index contributed by atoms with van der Waals surface area (Å²) >= 11 is 0. The van der Waals surface area contributed by atoms with Crippen LogP contribution in [0.2, 0.25) is 0 Å². The molecule has 0 aliphatic carbocycles. The fraction of sp³-hybridized carbons (Fsp3) is 0.214. The predicted molar refractivity (Wildman–Crippen MR) is 73.4 cm³/mol. The Bertz CT molecular complexity index is 644. The molecule has 0 unspecified atom stereocenters. The van der Waals surface area contributed by atoms with Gasteiger partial charge < -0.3 is 14.2 Å². The molecule has 7 nitrogen and oxygen atoms in total. The molecule has 7 heteroatoms. The molecule has 0 radical (unpaired) electrons. The first-order valence-electron chi connectivity index (χ1n) is 6.01. The molecule has 0 fully saturated rings. The molecular formula is C14H14N2O5. The van der Waals surface area contributed by atoms with E-state index in [9.17, 15) is 9.59 Å². The van der Waals surface area contributed by atoms with Gasteiger partial charge in [-0.15, -0.1) is 0 Å². The molecule has 0 aliphatic rings. The maximum Gasteiger partial charge on any atom is 0.435 e. The van der Waals surface area contributed by atoms with Crippen LogP contribution in [0, 0.1) is 0 Å². The van der Waals surface area contributed by atoms with Gasteiger partial charge in [0.15, 0.2) is 5.69 Å². The summed E-state index contributed by atoms with van der Waals surface area (Å²) in [6.07, 6.45) is -0.774. The summed E-state index contributed by atoms with van der Waals surface area (Å²) in [6.45, 7) is 0. The normalized spacial score (nSPS) is 10.0. The highest BCUT2D eigenvalue weighted by molar-refractivity contribution is 5.92. The summed E-state index contributed by atoms with van der Waals surface area (Å²) in [5.74, 6) is -0.0400. The molecule has 110 valence electrons. The van der Waals surface area contributed by atoms with E-state index in [1.54, 1.807) is 31.4 Å². The van der Waals surface area contributed by atoms with Gasteiger partial charge in [0.1, 0.15) is 5.75 Å². The van der Waals surface area contributed by atoms with Crippen LogP contribution in [0.15, 0.2) is 30.3 Å². The zero-order chi connectivity index (χ0) is 15.4. The quantitative estimate of drug-likeness (QED) is 0.804. The molecule has 1 aromatic carbocycles. The van der Waals surface area contributed by atoms with Crippen LogP contribution in [0.25, 0.3) is 11.3 Å². The summed E-state index contributed by atoms with van der Waals surface area (Å²) in [7, 11) is 3.98. The molecular weight excluding hydrogens is 276 g/mol. The standard InChI is InChI=1S/C14H14N2O5/c1-19-10-6-4-5-9(7-10)11-8-12(13(17)20-2)16(15-11)14(18)21-3/h4-8H,1-3H3. The van der Waals surface area contributed by atoms with E-state index >= 15 is 0 Å². The van der Waals surface area contributed by atoms with Gasteiger partial charge in [0.05, 0.1) is 27.0 Å². The number of methoxy groups -OCH3 is 3. The second-order valence-electron chi connectivity index (χ2n) is 4.02. The van der Waals surface area contributed by atoms with Crippen LogP contribution in [-0.2, 0) is 9.47 Å². The Hall–Kier alpha value is -2.83. The van der Waals surface area contributed by atoms with E-state index in [1.165, 1.54) is 20.3 Å². The molecule has 0 atom stereocenters. The Kier molecular flexibility index (Phi) is 4.22. The summed E-state index contributed by atoms with van der Waals surface area (Å²) in [5.41, 5.74) is 1.11. The fourth-order valence-corrected chi connectivity index (χ4v) is 1.78. The van der Waals surface area contributed by atoms with Gasteiger partial charge >= 0.3 is 12.1 Å². The van der Waals surface area contributed by atoms with Crippen molar-refractivity contribution in [1.82, 2.24) is 9.78 Å². The fourth-order valence-electron chi connectivity index (χ4n) is 1.78. The second-order valence-corrected chi connectivity index (χ2v) is 4.02. The van der Waals surface area contributed by atoms with Crippen molar-refractivity contribution < 1.29 is 23.8 Å². The van der Waals surface area contributed by atoms with Gasteiger partial charge in [0.2, 0.25) is 0 Å². The monoisotopic (exact) mass is 290 g/mol. The minimum atomic E-state index is -0.774. The van der Waals surface area contributed by atoms with Crippen molar-refractivity contribution >= 4 is 12.1 Å². The number of benzene rings is 1. The highest BCUT2D eigenvalue weighted by Crippen LogP contribution is 2.24. The number of esters is 1. The number of aromatic nitrogens is 2. The van der Waals surface area contributed by atoms with Gasteiger partial charge in [-0.05, 0) is 18.2 Å². The van der Waals surface area contributed by atoms with Crippen LogP contribution in [0.3, 0.4) is 0 Å². The lowest BCUT2D eigenvalue weighted by Gasteiger charge is -2.02. The van der Waals surface area contributed by atoms with E-state index in [-0.39, 0.29) is 5.69 Å². The van der Waals surface area contributed by atoms with E-state index in [0.717, 1.165) is 4.68 Å². The maximum atomic E-state index is 11.7. The number of ether oxygens (including phenoxy) is 3. The van der Waals surface area contributed by atoms with Crippen LogP contribution in [0.5, 0.6) is 5.75 Å². The van der Waals surface area contributed by atoms with Crippen LogP contribution >= 0.6 is 0 Å². The molecule has 0 spiro atoms. The lowest BCUT2D eigenvalue weighted by Crippen LogP contribution is -2.19. The summed E-state index contributed by atoms with van der Waals surface area (Å²) in [5, 5.41) is 4.08. The first-order chi connectivity index (χ1) is 10.1. The smallest absolute Gasteiger partial charge is 0.435 e. The Morgan fingerprint density at radius 1 is 1.10 bits per heavy atom. The molecule has 0 bridgehead atoms. The van der Waals surface area contributed by atoms with Crippen molar-refractivity contribution in [3.63, 3.8) is 0 Å². The van der Waals surface area contributed by atoms with E-state index in [2.05, 4.69) is 14.6 Å². The van der Waals surface area contributed by atoms with Crippen molar-refractivity contribution in [1.29, 1.82) is 0 Å². The number of hydrogen-bond acceptors (Lipinski definition) is 6. The largest absolute Gasteiger partial charge is 0.497 e.